The van der Waals surface area contributed by atoms with Gasteiger partial charge in [-0.25, -0.2) is 9.37 Å². The number of aromatic amines is 1. The van der Waals surface area contributed by atoms with E-state index in [1.165, 1.54) is 23.9 Å². The van der Waals surface area contributed by atoms with Gasteiger partial charge in [0, 0.05) is 4.47 Å². The largest absolute Gasteiger partial charge is 0.333 e. The van der Waals surface area contributed by atoms with E-state index in [0.717, 1.165) is 15.7 Å². The SMILES string of the molecule is C[C@H](Sc1ncc(-c2ccc(Br)cc2)[nH]1)C(=O)Nc1ccccc1F. The van der Waals surface area contributed by atoms with Gasteiger partial charge in [0.1, 0.15) is 5.82 Å². The minimum atomic E-state index is -0.455. The molecule has 128 valence electrons. The molecule has 0 unspecified atom stereocenters. The van der Waals surface area contributed by atoms with Gasteiger partial charge in [-0.05, 0) is 36.8 Å². The van der Waals surface area contributed by atoms with E-state index in [4.69, 9.17) is 0 Å². The van der Waals surface area contributed by atoms with E-state index in [9.17, 15) is 9.18 Å². The zero-order valence-corrected chi connectivity index (χ0v) is 15.7. The van der Waals surface area contributed by atoms with Crippen molar-refractivity contribution in [2.24, 2.45) is 0 Å². The standard InChI is InChI=1S/C18H15BrFN3OS/c1-11(17(24)22-15-5-3-2-4-14(15)20)25-18-21-10-16(23-18)12-6-8-13(19)9-7-12/h2-11H,1H3,(H,21,23)(H,22,24)/t11-/m0/s1. The molecule has 0 aliphatic heterocycles. The lowest BCUT2D eigenvalue weighted by Crippen LogP contribution is -2.23. The quantitative estimate of drug-likeness (QED) is 0.565. The number of halogens is 2. The number of thioether (sulfide) groups is 1. The summed E-state index contributed by atoms with van der Waals surface area (Å²) in [7, 11) is 0. The fourth-order valence-corrected chi connectivity index (χ4v) is 3.20. The number of hydrogen-bond acceptors (Lipinski definition) is 3. The predicted octanol–water partition coefficient (Wildman–Crippen LogP) is 5.10. The van der Waals surface area contributed by atoms with E-state index < -0.39 is 11.1 Å². The first-order valence-electron chi connectivity index (χ1n) is 7.56. The Morgan fingerprint density at radius 1 is 1.24 bits per heavy atom. The van der Waals surface area contributed by atoms with Gasteiger partial charge < -0.3 is 10.3 Å². The number of nitrogens with one attached hydrogen (secondary N) is 2. The summed E-state index contributed by atoms with van der Waals surface area (Å²) in [4.78, 5) is 19.7. The van der Waals surface area contributed by atoms with E-state index >= 15 is 0 Å². The Morgan fingerprint density at radius 3 is 2.68 bits per heavy atom. The Bertz CT molecular complexity index is 882. The van der Waals surface area contributed by atoms with Crippen LogP contribution < -0.4 is 5.32 Å². The van der Waals surface area contributed by atoms with Crippen LogP contribution in [0, 0.1) is 5.82 Å². The highest BCUT2D eigenvalue weighted by Gasteiger charge is 2.17. The molecule has 3 aromatic rings. The molecule has 1 heterocycles. The van der Waals surface area contributed by atoms with E-state index in [1.54, 1.807) is 25.3 Å². The Hall–Kier alpha value is -2.12. The van der Waals surface area contributed by atoms with E-state index in [2.05, 4.69) is 31.2 Å². The number of hydrogen-bond donors (Lipinski definition) is 2. The van der Waals surface area contributed by atoms with Gasteiger partial charge in [-0.1, -0.05) is 52.0 Å². The number of H-pyrrole nitrogens is 1. The summed E-state index contributed by atoms with van der Waals surface area (Å²) < 4.78 is 14.6. The molecule has 4 nitrogen and oxygen atoms in total. The van der Waals surface area contributed by atoms with Crippen LogP contribution in [0.5, 0.6) is 0 Å². The van der Waals surface area contributed by atoms with Crippen molar-refractivity contribution < 1.29 is 9.18 Å². The maximum atomic E-state index is 13.6. The van der Waals surface area contributed by atoms with Gasteiger partial charge in [0.05, 0.1) is 22.8 Å². The molecule has 0 aliphatic rings. The Balaban J connectivity index is 1.65. The molecule has 0 radical (unpaired) electrons. The highest BCUT2D eigenvalue weighted by Crippen LogP contribution is 2.26. The molecule has 0 aliphatic carbocycles. The van der Waals surface area contributed by atoms with E-state index in [0.29, 0.717) is 5.16 Å². The molecule has 3 rings (SSSR count). The highest BCUT2D eigenvalue weighted by atomic mass is 79.9. The summed E-state index contributed by atoms with van der Waals surface area (Å²) in [5.41, 5.74) is 2.05. The van der Waals surface area contributed by atoms with Crippen molar-refractivity contribution in [1.29, 1.82) is 0 Å². The molecule has 0 saturated heterocycles. The summed E-state index contributed by atoms with van der Waals surface area (Å²) in [6.45, 7) is 1.75. The van der Waals surface area contributed by atoms with Crippen LogP contribution in [0.15, 0.2) is 64.4 Å². The van der Waals surface area contributed by atoms with Gasteiger partial charge in [-0.15, -0.1) is 0 Å². The average molecular weight is 420 g/mol. The van der Waals surface area contributed by atoms with Crippen molar-refractivity contribution in [1.82, 2.24) is 9.97 Å². The topological polar surface area (TPSA) is 57.8 Å². The Kier molecular flexibility index (Phi) is 5.55. The smallest absolute Gasteiger partial charge is 0.237 e. The number of carbonyl (C=O) groups excluding carboxylic acids is 1. The number of para-hydroxylation sites is 1. The summed E-state index contributed by atoms with van der Waals surface area (Å²) in [6.07, 6.45) is 1.73. The van der Waals surface area contributed by atoms with E-state index in [-0.39, 0.29) is 11.6 Å². The normalized spacial score (nSPS) is 12.0. The fourth-order valence-electron chi connectivity index (χ4n) is 2.16. The third kappa shape index (κ3) is 4.49. The number of rotatable bonds is 5. The predicted molar refractivity (Wildman–Crippen MR) is 102 cm³/mol. The molecule has 0 bridgehead atoms. The second-order valence-corrected chi connectivity index (χ2v) is 7.58. The van der Waals surface area contributed by atoms with Gasteiger partial charge in [0.15, 0.2) is 5.16 Å². The lowest BCUT2D eigenvalue weighted by atomic mass is 10.2. The fraction of sp³-hybridized carbons (Fsp3) is 0.111. The highest BCUT2D eigenvalue weighted by molar-refractivity contribution is 9.10. The van der Waals surface area contributed by atoms with Crippen LogP contribution >= 0.6 is 27.7 Å². The summed E-state index contributed by atoms with van der Waals surface area (Å²) in [6, 6.07) is 13.9. The zero-order chi connectivity index (χ0) is 17.8. The molecule has 1 amide bonds. The first-order valence-corrected chi connectivity index (χ1v) is 9.23. The number of carbonyl (C=O) groups is 1. The van der Waals surface area contributed by atoms with Crippen molar-refractivity contribution in [3.63, 3.8) is 0 Å². The number of benzene rings is 2. The van der Waals surface area contributed by atoms with Crippen molar-refractivity contribution in [3.05, 3.63) is 65.0 Å². The number of anilines is 1. The number of aromatic nitrogens is 2. The molecular weight excluding hydrogens is 405 g/mol. The van der Waals surface area contributed by atoms with Gasteiger partial charge in [0.25, 0.3) is 0 Å². The van der Waals surface area contributed by atoms with Crippen LogP contribution in [0.2, 0.25) is 0 Å². The molecule has 1 atom stereocenters. The maximum absolute atomic E-state index is 13.6. The Labute approximate surface area is 157 Å². The molecule has 25 heavy (non-hydrogen) atoms. The number of imidazole rings is 1. The van der Waals surface area contributed by atoms with E-state index in [1.807, 2.05) is 24.3 Å². The number of amides is 1. The average Bonchev–Trinajstić information content (AvgIpc) is 3.06. The lowest BCUT2D eigenvalue weighted by Gasteiger charge is -2.11. The summed E-state index contributed by atoms with van der Waals surface area (Å²) >= 11 is 4.69. The third-order valence-corrected chi connectivity index (χ3v) is 5.02. The monoisotopic (exact) mass is 419 g/mol. The van der Waals surface area contributed by atoms with Gasteiger partial charge >= 0.3 is 0 Å². The van der Waals surface area contributed by atoms with Crippen LogP contribution in [0.25, 0.3) is 11.3 Å². The van der Waals surface area contributed by atoms with Gasteiger partial charge in [0.2, 0.25) is 5.91 Å². The van der Waals surface area contributed by atoms with Crippen molar-refractivity contribution in [2.45, 2.75) is 17.3 Å². The molecule has 2 N–H and O–H groups in total. The Morgan fingerprint density at radius 2 is 1.96 bits per heavy atom. The van der Waals surface area contributed by atoms with Gasteiger partial charge in [-0.2, -0.15) is 0 Å². The third-order valence-electron chi connectivity index (χ3n) is 3.50. The van der Waals surface area contributed by atoms with Crippen molar-refractivity contribution in [3.8, 4) is 11.3 Å². The van der Waals surface area contributed by atoms with Crippen LogP contribution in [0.3, 0.4) is 0 Å². The van der Waals surface area contributed by atoms with Crippen LogP contribution in [-0.2, 0) is 4.79 Å². The maximum Gasteiger partial charge on any atom is 0.237 e. The number of nitrogens with zero attached hydrogens (tertiary/aromatic N) is 1. The van der Waals surface area contributed by atoms with Crippen molar-refractivity contribution >= 4 is 39.3 Å². The molecule has 0 saturated carbocycles. The minimum absolute atomic E-state index is 0.176. The van der Waals surface area contributed by atoms with Gasteiger partial charge in [-0.3, -0.25) is 4.79 Å². The molecular formula is C18H15BrFN3OS. The molecule has 2 aromatic carbocycles. The second kappa shape index (κ2) is 7.84. The zero-order valence-electron chi connectivity index (χ0n) is 13.3. The van der Waals surface area contributed by atoms with Crippen LogP contribution in [-0.4, -0.2) is 21.1 Å². The summed E-state index contributed by atoms with van der Waals surface area (Å²) in [5.74, 6) is -0.736. The summed E-state index contributed by atoms with van der Waals surface area (Å²) in [5, 5.41) is 2.80. The molecule has 0 spiro atoms. The minimum Gasteiger partial charge on any atom is -0.333 e. The second-order valence-electron chi connectivity index (χ2n) is 5.34. The first-order chi connectivity index (χ1) is 12.0. The van der Waals surface area contributed by atoms with Crippen LogP contribution in [0.4, 0.5) is 10.1 Å². The molecule has 0 fully saturated rings. The van der Waals surface area contributed by atoms with Crippen molar-refractivity contribution in [2.75, 3.05) is 5.32 Å². The molecule has 1 aromatic heterocycles. The lowest BCUT2D eigenvalue weighted by molar-refractivity contribution is -0.115. The molecule has 7 heteroatoms. The first kappa shape index (κ1) is 17.7. The van der Waals surface area contributed by atoms with Crippen LogP contribution in [0.1, 0.15) is 6.92 Å².